The Hall–Kier alpha value is -2.71. The largest absolute Gasteiger partial charge is 0.494 e. The molecule has 0 atom stereocenters. The number of hydrogen-bond acceptors (Lipinski definition) is 8. The first-order chi connectivity index (χ1) is 14.6. The molecule has 0 unspecified atom stereocenters. The first kappa shape index (κ1) is 21.5. The number of hydrogen-bond donors (Lipinski definition) is 3. The van der Waals surface area contributed by atoms with Crippen LogP contribution in [0.25, 0.3) is 22.5 Å². The molecule has 4 rings (SSSR count). The highest BCUT2D eigenvalue weighted by Gasteiger charge is 2.42. The van der Waals surface area contributed by atoms with E-state index in [4.69, 9.17) is 14.1 Å². The van der Waals surface area contributed by atoms with Crippen LogP contribution in [0.4, 0.5) is 6.01 Å². The Morgan fingerprint density at radius 1 is 1.23 bits per heavy atom. The van der Waals surface area contributed by atoms with Gasteiger partial charge in [-0.2, -0.15) is 0 Å². The quantitative estimate of drug-likeness (QED) is 0.548. The van der Waals surface area contributed by atoms with Crippen LogP contribution in [-0.4, -0.2) is 50.3 Å². The van der Waals surface area contributed by atoms with Crippen molar-refractivity contribution >= 4 is 16.9 Å². The van der Waals surface area contributed by atoms with Gasteiger partial charge in [0.15, 0.2) is 0 Å². The van der Waals surface area contributed by atoms with Crippen LogP contribution in [-0.2, 0) is 5.41 Å². The summed E-state index contributed by atoms with van der Waals surface area (Å²) < 4.78 is 11.6. The zero-order chi connectivity index (χ0) is 22.4. The lowest BCUT2D eigenvalue weighted by molar-refractivity contribution is -0.0806. The second-order valence-corrected chi connectivity index (χ2v) is 9.42. The van der Waals surface area contributed by atoms with Crippen LogP contribution in [0.3, 0.4) is 0 Å². The molecule has 0 aliphatic heterocycles. The van der Waals surface area contributed by atoms with E-state index in [-0.39, 0.29) is 24.1 Å². The Labute approximate surface area is 181 Å². The average Bonchev–Trinajstić information content (AvgIpc) is 3.14. The number of aliphatic hydroxyl groups is 2. The minimum atomic E-state index is -1.01. The van der Waals surface area contributed by atoms with Crippen LogP contribution in [0.2, 0.25) is 0 Å². The smallest absolute Gasteiger partial charge is 0.316 e. The Balaban J connectivity index is 1.68. The van der Waals surface area contributed by atoms with Crippen molar-refractivity contribution in [1.29, 1.82) is 0 Å². The fourth-order valence-corrected chi connectivity index (χ4v) is 4.04. The van der Waals surface area contributed by atoms with Crippen molar-refractivity contribution < 1.29 is 19.4 Å². The van der Waals surface area contributed by atoms with E-state index in [0.717, 1.165) is 27.8 Å². The fourth-order valence-electron chi connectivity index (χ4n) is 4.04. The number of fused-ring (bicyclic) bond motifs is 1. The summed E-state index contributed by atoms with van der Waals surface area (Å²) in [4.78, 5) is 4.88. The van der Waals surface area contributed by atoms with E-state index in [1.165, 1.54) is 0 Å². The van der Waals surface area contributed by atoms with Gasteiger partial charge in [-0.25, -0.2) is 4.98 Å². The summed E-state index contributed by atoms with van der Waals surface area (Å²) >= 11 is 0. The zero-order valence-corrected chi connectivity index (χ0v) is 18.7. The lowest BCUT2D eigenvalue weighted by Gasteiger charge is -2.42. The highest BCUT2D eigenvalue weighted by atomic mass is 16.5. The van der Waals surface area contributed by atoms with Crippen LogP contribution in [0.5, 0.6) is 5.75 Å². The molecule has 0 saturated heterocycles. The number of aliphatic hydroxyl groups excluding tert-OH is 1. The Morgan fingerprint density at radius 2 is 1.97 bits per heavy atom. The summed E-state index contributed by atoms with van der Waals surface area (Å²) in [6.45, 7) is 10.8. The predicted octanol–water partition coefficient (Wildman–Crippen LogP) is 3.59. The number of aromatic nitrogens is 3. The molecule has 8 nitrogen and oxygen atoms in total. The van der Waals surface area contributed by atoms with Gasteiger partial charge in [0.05, 0.1) is 24.3 Å². The van der Waals surface area contributed by atoms with Crippen molar-refractivity contribution in [3.8, 4) is 17.3 Å². The van der Waals surface area contributed by atoms with Crippen molar-refractivity contribution in [3.63, 3.8) is 0 Å². The van der Waals surface area contributed by atoms with Crippen LogP contribution < -0.4 is 10.1 Å². The lowest BCUT2D eigenvalue weighted by Crippen LogP contribution is -2.53. The van der Waals surface area contributed by atoms with Crippen LogP contribution in [0.15, 0.2) is 22.6 Å². The van der Waals surface area contributed by atoms with Crippen molar-refractivity contribution in [2.24, 2.45) is 0 Å². The second-order valence-electron chi connectivity index (χ2n) is 9.42. The molecule has 1 aliphatic carbocycles. The Bertz CT molecular complexity index is 1100. The zero-order valence-electron chi connectivity index (χ0n) is 18.7. The molecule has 1 aromatic carbocycles. The topological polar surface area (TPSA) is 114 Å². The molecule has 0 bridgehead atoms. The van der Waals surface area contributed by atoms with Gasteiger partial charge in [-0.15, -0.1) is 5.10 Å². The average molecular weight is 427 g/mol. The SMILES string of the molecule is CCOc1cc(C(C)(C)C)c2nc(-c3nnc(N[C@H]4C[C@](O)(CO)C4)o3)cc(C)c2c1. The summed E-state index contributed by atoms with van der Waals surface area (Å²) in [5, 5.41) is 31.5. The fraction of sp³-hybridized carbons (Fsp3) is 0.522. The van der Waals surface area contributed by atoms with Gasteiger partial charge in [0, 0.05) is 11.4 Å². The normalized spacial score (nSPS) is 21.2. The molecular weight excluding hydrogens is 396 g/mol. The maximum absolute atomic E-state index is 9.95. The minimum absolute atomic E-state index is 0.0128. The Kier molecular flexibility index (Phi) is 5.39. The van der Waals surface area contributed by atoms with Crippen LogP contribution >= 0.6 is 0 Å². The molecule has 1 fully saturated rings. The number of nitrogens with zero attached hydrogens (tertiary/aromatic N) is 3. The minimum Gasteiger partial charge on any atom is -0.494 e. The number of pyridine rings is 1. The molecule has 166 valence electrons. The van der Waals surface area contributed by atoms with Gasteiger partial charge in [-0.05, 0) is 61.4 Å². The monoisotopic (exact) mass is 426 g/mol. The number of rotatable bonds is 6. The molecule has 3 aromatic rings. The third-order valence-electron chi connectivity index (χ3n) is 5.73. The number of anilines is 1. The number of nitrogens with one attached hydrogen (secondary N) is 1. The molecule has 0 spiro atoms. The van der Waals surface area contributed by atoms with E-state index in [9.17, 15) is 10.2 Å². The maximum Gasteiger partial charge on any atom is 0.316 e. The number of aryl methyl sites for hydroxylation is 1. The highest BCUT2D eigenvalue weighted by Crippen LogP contribution is 2.37. The van der Waals surface area contributed by atoms with Gasteiger partial charge in [0.1, 0.15) is 11.4 Å². The predicted molar refractivity (Wildman–Crippen MR) is 118 cm³/mol. The summed E-state index contributed by atoms with van der Waals surface area (Å²) in [6.07, 6.45) is 0.872. The molecular formula is C23H30N4O4. The van der Waals surface area contributed by atoms with Crippen molar-refractivity contribution in [1.82, 2.24) is 15.2 Å². The molecule has 1 saturated carbocycles. The molecule has 2 heterocycles. The summed E-state index contributed by atoms with van der Waals surface area (Å²) in [7, 11) is 0. The van der Waals surface area contributed by atoms with E-state index < -0.39 is 5.60 Å². The van der Waals surface area contributed by atoms with Gasteiger partial charge < -0.3 is 24.7 Å². The van der Waals surface area contributed by atoms with Gasteiger partial charge in [0.25, 0.3) is 5.89 Å². The van der Waals surface area contributed by atoms with E-state index in [0.29, 0.717) is 31.0 Å². The summed E-state index contributed by atoms with van der Waals surface area (Å²) in [5.74, 6) is 1.17. The maximum atomic E-state index is 9.95. The van der Waals surface area contributed by atoms with Crippen molar-refractivity contribution in [2.75, 3.05) is 18.5 Å². The van der Waals surface area contributed by atoms with Crippen LogP contribution in [0.1, 0.15) is 51.7 Å². The highest BCUT2D eigenvalue weighted by molar-refractivity contribution is 5.89. The molecule has 8 heteroatoms. The van der Waals surface area contributed by atoms with Crippen molar-refractivity contribution in [2.45, 2.75) is 64.5 Å². The van der Waals surface area contributed by atoms with Gasteiger partial charge in [-0.3, -0.25) is 0 Å². The third-order valence-corrected chi connectivity index (χ3v) is 5.73. The van der Waals surface area contributed by atoms with E-state index in [2.05, 4.69) is 42.4 Å². The Morgan fingerprint density at radius 3 is 2.61 bits per heavy atom. The summed E-state index contributed by atoms with van der Waals surface area (Å²) in [6, 6.07) is 6.29. The van der Waals surface area contributed by atoms with Crippen LogP contribution in [0, 0.1) is 6.92 Å². The number of benzene rings is 1. The first-order valence-electron chi connectivity index (χ1n) is 10.6. The third kappa shape index (κ3) is 4.22. The number of ether oxygens (including phenoxy) is 1. The summed E-state index contributed by atoms with van der Waals surface area (Å²) in [5.41, 5.74) is 2.51. The van der Waals surface area contributed by atoms with E-state index >= 15 is 0 Å². The van der Waals surface area contributed by atoms with Gasteiger partial charge >= 0.3 is 6.01 Å². The van der Waals surface area contributed by atoms with E-state index in [1.807, 2.05) is 26.0 Å². The molecule has 2 aromatic heterocycles. The first-order valence-corrected chi connectivity index (χ1v) is 10.6. The van der Waals surface area contributed by atoms with E-state index in [1.54, 1.807) is 0 Å². The molecule has 0 amide bonds. The molecule has 1 aliphatic rings. The molecule has 0 radical (unpaired) electrons. The molecule has 3 N–H and O–H groups in total. The standard InChI is InChI=1S/C23H30N4O4/c1-6-30-15-8-16-13(2)7-18(25-19(16)17(9-15)22(3,4)5)20-26-27-21(31-20)24-14-10-23(29,11-14)12-28/h7-9,14,28-29H,6,10-12H2,1-5H3,(H,24,27)/t14-,23+. The lowest BCUT2D eigenvalue weighted by atomic mass is 9.76. The van der Waals surface area contributed by atoms with Gasteiger partial charge in [-0.1, -0.05) is 25.9 Å². The van der Waals surface area contributed by atoms with Gasteiger partial charge in [0.2, 0.25) is 0 Å². The van der Waals surface area contributed by atoms with Crippen molar-refractivity contribution in [3.05, 3.63) is 29.3 Å². The second kappa shape index (κ2) is 7.76. The molecule has 31 heavy (non-hydrogen) atoms.